The number of halogens is 3. The molecule has 0 radical (unpaired) electrons. The molecule has 0 saturated carbocycles. The number of rotatable bonds is 6. The lowest BCUT2D eigenvalue weighted by Crippen LogP contribution is -2.30. The lowest BCUT2D eigenvalue weighted by molar-refractivity contribution is -0.154. The molecule has 23 heavy (non-hydrogen) atoms. The van der Waals surface area contributed by atoms with Crippen LogP contribution in [-0.2, 0) is 11.3 Å². The van der Waals surface area contributed by atoms with Gasteiger partial charge in [0.1, 0.15) is 18.7 Å². The van der Waals surface area contributed by atoms with Crippen LogP contribution in [0.1, 0.15) is 18.5 Å². The number of carbonyl (C=O) groups excluding carboxylic acids is 1. The van der Waals surface area contributed by atoms with Crippen molar-refractivity contribution in [3.8, 4) is 5.88 Å². The number of carbonyl (C=O) groups is 1. The summed E-state index contributed by atoms with van der Waals surface area (Å²) in [6.45, 7) is 0.357. The molecule has 1 atom stereocenters. The van der Waals surface area contributed by atoms with Crippen LogP contribution in [0.3, 0.4) is 0 Å². The van der Waals surface area contributed by atoms with E-state index in [4.69, 9.17) is 0 Å². The Hall–Kier alpha value is -2.65. The number of aromatic nitrogens is 4. The average Bonchev–Trinajstić information content (AvgIpc) is 3.04. The minimum Gasteiger partial charge on any atom is -0.468 e. The number of hydrogen-bond acceptors (Lipinski definition) is 5. The van der Waals surface area contributed by atoms with Crippen LogP contribution in [-0.4, -0.2) is 38.4 Å². The Kier molecular flexibility index (Phi) is 5.14. The first kappa shape index (κ1) is 16.7. The molecule has 7 nitrogen and oxygen atoms in total. The van der Waals surface area contributed by atoms with Crippen LogP contribution >= 0.6 is 0 Å². The lowest BCUT2D eigenvalue weighted by atomic mass is 10.2. The summed E-state index contributed by atoms with van der Waals surface area (Å²) in [4.78, 5) is 19.4. The fourth-order valence-corrected chi connectivity index (χ4v) is 1.67. The van der Waals surface area contributed by atoms with Crippen molar-refractivity contribution in [1.82, 2.24) is 25.1 Å². The Bertz CT molecular complexity index is 645. The molecule has 0 spiro atoms. The third-order valence-electron chi connectivity index (χ3n) is 2.86. The molecular weight excluding hydrogens is 315 g/mol. The maximum atomic E-state index is 12.1. The minimum atomic E-state index is -4.43. The molecule has 1 N–H and O–H groups in total. The highest BCUT2D eigenvalue weighted by atomic mass is 19.4. The molecule has 10 heteroatoms. The van der Waals surface area contributed by atoms with E-state index in [1.54, 1.807) is 13.0 Å². The average molecular weight is 329 g/mol. The van der Waals surface area contributed by atoms with Crippen LogP contribution in [0.4, 0.5) is 13.2 Å². The van der Waals surface area contributed by atoms with Gasteiger partial charge < -0.3 is 10.1 Å². The lowest BCUT2D eigenvalue weighted by Gasteiger charge is -2.13. The smallest absolute Gasteiger partial charge is 0.422 e. The molecule has 2 aromatic heterocycles. The zero-order valence-corrected chi connectivity index (χ0v) is 12.1. The van der Waals surface area contributed by atoms with Gasteiger partial charge in [-0.15, -0.1) is 0 Å². The van der Waals surface area contributed by atoms with E-state index in [-0.39, 0.29) is 18.3 Å². The van der Waals surface area contributed by atoms with Gasteiger partial charge in [0.05, 0.1) is 0 Å². The second-order valence-corrected chi connectivity index (χ2v) is 4.68. The molecule has 0 aliphatic rings. The molecule has 0 unspecified atom stereocenters. The van der Waals surface area contributed by atoms with Gasteiger partial charge in [-0.1, -0.05) is 0 Å². The number of ether oxygens (including phenoxy) is 1. The van der Waals surface area contributed by atoms with E-state index in [1.807, 2.05) is 0 Å². The molecule has 2 aromatic rings. The molecular formula is C13H14F3N5O2. The normalized spacial score (nSPS) is 12.7. The number of alkyl halides is 3. The first-order valence-electron chi connectivity index (χ1n) is 6.61. The van der Waals surface area contributed by atoms with Gasteiger partial charge in [-0.3, -0.25) is 4.79 Å². The Morgan fingerprint density at radius 3 is 2.91 bits per heavy atom. The largest absolute Gasteiger partial charge is 0.468 e. The van der Waals surface area contributed by atoms with Gasteiger partial charge >= 0.3 is 6.18 Å². The number of hydrogen-bond donors (Lipinski definition) is 1. The topological polar surface area (TPSA) is 81.9 Å². The van der Waals surface area contributed by atoms with Crippen molar-refractivity contribution in [3.63, 3.8) is 0 Å². The number of nitrogens with zero attached hydrogens (tertiary/aromatic N) is 4. The number of nitrogens with one attached hydrogen (secondary N) is 1. The van der Waals surface area contributed by atoms with Gasteiger partial charge in [0.15, 0.2) is 6.61 Å². The first-order chi connectivity index (χ1) is 10.8. The van der Waals surface area contributed by atoms with Crippen LogP contribution in [0.5, 0.6) is 5.88 Å². The summed E-state index contributed by atoms with van der Waals surface area (Å²) in [6, 6.07) is 2.35. The molecule has 1 amide bonds. The van der Waals surface area contributed by atoms with Crippen molar-refractivity contribution in [2.45, 2.75) is 25.7 Å². The van der Waals surface area contributed by atoms with Gasteiger partial charge in [-0.25, -0.2) is 14.6 Å². The highest BCUT2D eigenvalue weighted by molar-refractivity contribution is 5.79. The fourth-order valence-electron chi connectivity index (χ4n) is 1.67. The standard InChI is InChI=1S/C13H14F3N5O2/c1-9(21-8-17-7-20-21)12(22)19-5-10-2-3-18-11(4-10)23-6-13(14,15)16/h2-4,7-9H,5-6H2,1H3,(H,19,22)/t9-/m0/s1. The number of amides is 1. The maximum Gasteiger partial charge on any atom is 0.422 e. The van der Waals surface area contributed by atoms with Gasteiger partial charge in [-0.05, 0) is 18.6 Å². The van der Waals surface area contributed by atoms with Crippen LogP contribution < -0.4 is 10.1 Å². The second-order valence-electron chi connectivity index (χ2n) is 4.68. The van der Waals surface area contributed by atoms with E-state index in [0.29, 0.717) is 5.56 Å². The van der Waals surface area contributed by atoms with Crippen LogP contribution in [0.15, 0.2) is 31.0 Å². The second kappa shape index (κ2) is 7.07. The molecule has 0 bridgehead atoms. The molecule has 0 aromatic carbocycles. The molecule has 0 aliphatic heterocycles. The summed E-state index contributed by atoms with van der Waals surface area (Å²) in [5.41, 5.74) is 0.566. The highest BCUT2D eigenvalue weighted by Gasteiger charge is 2.28. The summed E-state index contributed by atoms with van der Waals surface area (Å²) < 4.78 is 42.2. The quantitative estimate of drug-likeness (QED) is 0.868. The molecule has 2 heterocycles. The Morgan fingerprint density at radius 1 is 1.48 bits per heavy atom. The van der Waals surface area contributed by atoms with E-state index >= 15 is 0 Å². The monoisotopic (exact) mass is 329 g/mol. The molecule has 2 rings (SSSR count). The molecule has 0 saturated heterocycles. The summed E-state index contributed by atoms with van der Waals surface area (Å²) in [5, 5.41) is 6.52. The zero-order valence-electron chi connectivity index (χ0n) is 12.1. The Labute approximate surface area is 129 Å². The van der Waals surface area contributed by atoms with Gasteiger partial charge in [0, 0.05) is 18.8 Å². The van der Waals surface area contributed by atoms with Crippen molar-refractivity contribution in [2.75, 3.05) is 6.61 Å². The van der Waals surface area contributed by atoms with Gasteiger partial charge in [0.25, 0.3) is 0 Å². The van der Waals surface area contributed by atoms with Gasteiger partial charge in [0.2, 0.25) is 11.8 Å². The third-order valence-corrected chi connectivity index (χ3v) is 2.86. The predicted molar refractivity (Wildman–Crippen MR) is 72.4 cm³/mol. The summed E-state index contributed by atoms with van der Waals surface area (Å²) in [6.07, 6.45) is -0.385. The fraction of sp³-hybridized carbons (Fsp3) is 0.385. The van der Waals surface area contributed by atoms with Crippen molar-refractivity contribution in [1.29, 1.82) is 0 Å². The van der Waals surface area contributed by atoms with Gasteiger partial charge in [-0.2, -0.15) is 18.3 Å². The molecule has 0 aliphatic carbocycles. The van der Waals surface area contributed by atoms with Crippen molar-refractivity contribution in [2.24, 2.45) is 0 Å². The van der Waals surface area contributed by atoms with E-state index in [9.17, 15) is 18.0 Å². The van der Waals surface area contributed by atoms with E-state index < -0.39 is 18.8 Å². The third kappa shape index (κ3) is 5.24. The Morgan fingerprint density at radius 2 is 2.26 bits per heavy atom. The summed E-state index contributed by atoms with van der Waals surface area (Å²) in [7, 11) is 0. The number of pyridine rings is 1. The van der Waals surface area contributed by atoms with E-state index in [0.717, 1.165) is 0 Å². The summed E-state index contributed by atoms with van der Waals surface area (Å²) in [5.74, 6) is -0.455. The molecule has 0 fully saturated rings. The zero-order chi connectivity index (χ0) is 16.9. The van der Waals surface area contributed by atoms with Crippen molar-refractivity contribution >= 4 is 5.91 Å². The highest BCUT2D eigenvalue weighted by Crippen LogP contribution is 2.17. The Balaban J connectivity index is 1.89. The van der Waals surface area contributed by atoms with E-state index in [1.165, 1.54) is 29.6 Å². The van der Waals surface area contributed by atoms with Crippen molar-refractivity contribution in [3.05, 3.63) is 36.5 Å². The maximum absolute atomic E-state index is 12.1. The van der Waals surface area contributed by atoms with Crippen LogP contribution in [0, 0.1) is 0 Å². The predicted octanol–water partition coefficient (Wildman–Crippen LogP) is 1.49. The minimum absolute atomic E-state index is 0.128. The molecule has 124 valence electrons. The van der Waals surface area contributed by atoms with E-state index in [2.05, 4.69) is 25.1 Å². The van der Waals surface area contributed by atoms with Crippen LogP contribution in [0.25, 0.3) is 0 Å². The summed E-state index contributed by atoms with van der Waals surface area (Å²) >= 11 is 0. The SMILES string of the molecule is C[C@@H](C(=O)NCc1ccnc(OCC(F)(F)F)c1)n1cncn1. The van der Waals surface area contributed by atoms with Crippen LogP contribution in [0.2, 0.25) is 0 Å². The first-order valence-corrected chi connectivity index (χ1v) is 6.61. The van der Waals surface area contributed by atoms with Crippen molar-refractivity contribution < 1.29 is 22.7 Å².